The molecule has 1 fully saturated rings. The lowest BCUT2D eigenvalue weighted by Gasteiger charge is -2.32. The maximum Gasteiger partial charge on any atom is 0.390 e. The first-order valence-corrected chi connectivity index (χ1v) is 13.0. The Morgan fingerprint density at radius 3 is 2.68 bits per heavy atom. The fraction of sp³-hybridized carbons (Fsp3) is 0.429. The van der Waals surface area contributed by atoms with Gasteiger partial charge in [-0.15, -0.1) is 0 Å². The van der Waals surface area contributed by atoms with Crippen LogP contribution in [0.4, 0.5) is 29.5 Å². The number of hydrogen-bond donors (Lipinski definition) is 3. The summed E-state index contributed by atoms with van der Waals surface area (Å²) in [6.45, 7) is 1.09. The standard InChI is InChI=1S/C28H32F3N5O2/c1-38-24-4-2-3-18-5-8-23(26(18)24)35-25-10-6-19-17-21(7-9-22(19)34-25)33-27(37)32-20-11-14-36(15-12-20)16-13-28(29,30)31/h2-4,6-7,9-10,17,20,23H,5,8,11-16H2,1H3,(H,34,35)(H2,32,33,37). The summed E-state index contributed by atoms with van der Waals surface area (Å²) in [5.41, 5.74) is 3.94. The molecule has 10 heteroatoms. The van der Waals surface area contributed by atoms with Crippen LogP contribution in [0.1, 0.15) is 42.9 Å². The number of alkyl halides is 3. The van der Waals surface area contributed by atoms with Crippen LogP contribution in [0.25, 0.3) is 10.9 Å². The van der Waals surface area contributed by atoms with Crippen molar-refractivity contribution in [3.8, 4) is 5.75 Å². The molecule has 0 spiro atoms. The number of halogens is 3. The number of benzene rings is 2. The van der Waals surface area contributed by atoms with E-state index in [-0.39, 0.29) is 24.7 Å². The average Bonchev–Trinajstić information content (AvgIpc) is 3.31. The molecule has 202 valence electrons. The van der Waals surface area contributed by atoms with Gasteiger partial charge in [0, 0.05) is 42.3 Å². The molecule has 1 saturated heterocycles. The van der Waals surface area contributed by atoms with Gasteiger partial charge in [-0.25, -0.2) is 9.78 Å². The number of carbonyl (C=O) groups excluding carboxylic acids is 1. The number of nitrogens with zero attached hydrogens (tertiary/aromatic N) is 2. The predicted octanol–water partition coefficient (Wildman–Crippen LogP) is 5.88. The molecule has 3 N–H and O–H groups in total. The van der Waals surface area contributed by atoms with Crippen molar-refractivity contribution in [2.45, 2.75) is 50.4 Å². The average molecular weight is 528 g/mol. The Morgan fingerprint density at radius 1 is 1.11 bits per heavy atom. The third kappa shape index (κ3) is 6.30. The highest BCUT2D eigenvalue weighted by Gasteiger charge is 2.29. The predicted molar refractivity (Wildman–Crippen MR) is 142 cm³/mol. The van der Waals surface area contributed by atoms with Crippen molar-refractivity contribution >= 4 is 28.4 Å². The summed E-state index contributed by atoms with van der Waals surface area (Å²) in [7, 11) is 1.69. The molecule has 1 aliphatic heterocycles. The summed E-state index contributed by atoms with van der Waals surface area (Å²) in [5, 5.41) is 10.2. The number of piperidine rings is 1. The number of carbonyl (C=O) groups is 1. The Bertz CT molecular complexity index is 1290. The molecule has 7 nitrogen and oxygen atoms in total. The van der Waals surface area contributed by atoms with Gasteiger partial charge in [-0.2, -0.15) is 13.2 Å². The topological polar surface area (TPSA) is 78.5 Å². The number of aromatic nitrogens is 1. The molecule has 1 aliphatic carbocycles. The van der Waals surface area contributed by atoms with Crippen LogP contribution in [0.15, 0.2) is 48.5 Å². The minimum atomic E-state index is -4.14. The van der Waals surface area contributed by atoms with Crippen molar-refractivity contribution in [1.29, 1.82) is 0 Å². The maximum absolute atomic E-state index is 12.5. The summed E-state index contributed by atoms with van der Waals surface area (Å²) in [5.74, 6) is 1.67. The zero-order valence-electron chi connectivity index (χ0n) is 21.3. The molecule has 0 bridgehead atoms. The number of fused-ring (bicyclic) bond motifs is 2. The molecular formula is C28H32F3N5O2. The van der Waals surface area contributed by atoms with Gasteiger partial charge in [0.25, 0.3) is 0 Å². The Balaban J connectivity index is 1.15. The lowest BCUT2D eigenvalue weighted by molar-refractivity contribution is -0.138. The number of rotatable bonds is 7. The van der Waals surface area contributed by atoms with E-state index in [1.807, 2.05) is 42.5 Å². The number of amides is 2. The van der Waals surface area contributed by atoms with Crippen molar-refractivity contribution in [3.05, 3.63) is 59.7 Å². The van der Waals surface area contributed by atoms with Crippen LogP contribution < -0.4 is 20.7 Å². The van der Waals surface area contributed by atoms with Gasteiger partial charge >= 0.3 is 12.2 Å². The Labute approximate surface area is 219 Å². The van der Waals surface area contributed by atoms with Gasteiger partial charge in [-0.3, -0.25) is 0 Å². The molecule has 2 amide bonds. The van der Waals surface area contributed by atoms with Gasteiger partial charge in [0.05, 0.1) is 25.1 Å². The normalized spacial score (nSPS) is 18.3. The first-order chi connectivity index (χ1) is 18.3. The van der Waals surface area contributed by atoms with Crippen LogP contribution in [-0.4, -0.2) is 54.9 Å². The number of nitrogens with one attached hydrogen (secondary N) is 3. The van der Waals surface area contributed by atoms with Crippen LogP contribution >= 0.6 is 0 Å². The molecule has 2 aliphatic rings. The molecule has 2 heterocycles. The Morgan fingerprint density at radius 2 is 1.92 bits per heavy atom. The molecule has 38 heavy (non-hydrogen) atoms. The van der Waals surface area contributed by atoms with Gasteiger partial charge < -0.3 is 25.6 Å². The minimum absolute atomic E-state index is 0.00686. The minimum Gasteiger partial charge on any atom is -0.496 e. The zero-order valence-corrected chi connectivity index (χ0v) is 21.3. The van der Waals surface area contributed by atoms with E-state index < -0.39 is 12.6 Å². The molecule has 5 rings (SSSR count). The van der Waals surface area contributed by atoms with Crippen molar-refractivity contribution in [2.75, 3.05) is 37.4 Å². The van der Waals surface area contributed by atoms with Crippen molar-refractivity contribution in [3.63, 3.8) is 0 Å². The molecule has 3 aromatic rings. The Hall–Kier alpha value is -3.53. The van der Waals surface area contributed by atoms with Gasteiger partial charge in [0.15, 0.2) is 0 Å². The maximum atomic E-state index is 12.5. The molecule has 1 unspecified atom stereocenters. The third-order valence-electron chi connectivity index (χ3n) is 7.33. The van der Waals surface area contributed by atoms with Crippen LogP contribution in [0.5, 0.6) is 5.75 Å². The second kappa shape index (κ2) is 11.1. The quantitative estimate of drug-likeness (QED) is 0.358. The molecular weight excluding hydrogens is 495 g/mol. The highest BCUT2D eigenvalue weighted by atomic mass is 19.4. The first-order valence-electron chi connectivity index (χ1n) is 13.0. The van der Waals surface area contributed by atoms with Crippen molar-refractivity contribution in [1.82, 2.24) is 15.2 Å². The van der Waals surface area contributed by atoms with Crippen LogP contribution in [0, 0.1) is 0 Å². The highest BCUT2D eigenvalue weighted by Crippen LogP contribution is 2.39. The number of urea groups is 1. The monoisotopic (exact) mass is 527 g/mol. The van der Waals surface area contributed by atoms with E-state index in [0.717, 1.165) is 35.3 Å². The zero-order chi connectivity index (χ0) is 26.7. The van der Waals surface area contributed by atoms with Gasteiger partial charge in [0.2, 0.25) is 0 Å². The van der Waals surface area contributed by atoms with E-state index in [4.69, 9.17) is 9.72 Å². The summed E-state index contributed by atoms with van der Waals surface area (Å²) in [4.78, 5) is 19.1. The first kappa shape index (κ1) is 26.1. The number of ether oxygens (including phenoxy) is 1. The van der Waals surface area contributed by atoms with E-state index in [9.17, 15) is 18.0 Å². The Kier molecular flexibility index (Phi) is 7.60. The van der Waals surface area contributed by atoms with Gasteiger partial charge in [0.1, 0.15) is 11.6 Å². The van der Waals surface area contributed by atoms with Crippen LogP contribution in [-0.2, 0) is 6.42 Å². The third-order valence-corrected chi connectivity index (χ3v) is 7.33. The summed E-state index contributed by atoms with van der Waals surface area (Å²) in [6, 6.07) is 15.4. The lowest BCUT2D eigenvalue weighted by atomic mass is 10.1. The summed E-state index contributed by atoms with van der Waals surface area (Å²) < 4.78 is 42.9. The van der Waals surface area contributed by atoms with Crippen LogP contribution in [0.3, 0.4) is 0 Å². The van der Waals surface area contributed by atoms with Crippen molar-refractivity contribution in [2.24, 2.45) is 0 Å². The van der Waals surface area contributed by atoms with Crippen LogP contribution in [0.2, 0.25) is 0 Å². The SMILES string of the molecule is COc1cccc2c1C(Nc1ccc3cc(NC(=O)NC4CCN(CCC(F)(F)F)CC4)ccc3n1)CC2. The number of hydrogen-bond acceptors (Lipinski definition) is 5. The molecule has 1 aromatic heterocycles. The van der Waals surface area contributed by atoms with Gasteiger partial charge in [-0.1, -0.05) is 12.1 Å². The van der Waals surface area contributed by atoms with E-state index in [0.29, 0.717) is 31.6 Å². The fourth-order valence-corrected chi connectivity index (χ4v) is 5.37. The lowest BCUT2D eigenvalue weighted by Crippen LogP contribution is -2.46. The van der Waals surface area contributed by atoms with E-state index in [1.165, 1.54) is 11.1 Å². The second-order valence-corrected chi connectivity index (χ2v) is 9.95. The number of aryl methyl sites for hydroxylation is 1. The van der Waals surface area contributed by atoms with E-state index >= 15 is 0 Å². The smallest absolute Gasteiger partial charge is 0.390 e. The summed E-state index contributed by atoms with van der Waals surface area (Å²) in [6.07, 6.45) is -1.73. The molecule has 0 radical (unpaired) electrons. The summed E-state index contributed by atoms with van der Waals surface area (Å²) >= 11 is 0. The van der Waals surface area contributed by atoms with E-state index in [1.54, 1.807) is 12.0 Å². The highest BCUT2D eigenvalue weighted by molar-refractivity contribution is 5.93. The number of pyridine rings is 1. The fourth-order valence-electron chi connectivity index (χ4n) is 5.37. The molecule has 0 saturated carbocycles. The van der Waals surface area contributed by atoms with Gasteiger partial charge in [-0.05, 0) is 67.6 Å². The molecule has 2 aromatic carbocycles. The number of methoxy groups -OCH3 is 1. The largest absolute Gasteiger partial charge is 0.496 e. The van der Waals surface area contributed by atoms with E-state index in [2.05, 4.69) is 22.0 Å². The molecule has 1 atom stereocenters. The number of likely N-dealkylation sites (tertiary alicyclic amines) is 1. The van der Waals surface area contributed by atoms with Crippen molar-refractivity contribution < 1.29 is 22.7 Å². The second-order valence-electron chi connectivity index (χ2n) is 9.95. The number of anilines is 2.